The number of hydrogen-bond donors (Lipinski definition) is 1. The zero-order chi connectivity index (χ0) is 97.2. The van der Waals surface area contributed by atoms with Gasteiger partial charge in [0.1, 0.15) is 37.1 Å². The van der Waals surface area contributed by atoms with Gasteiger partial charge < -0.3 is 62.5 Å². The van der Waals surface area contributed by atoms with E-state index in [1.165, 1.54) is 35.1 Å². The second-order valence-electron chi connectivity index (χ2n) is 30.2. The standard InChI is InChI=1S/C27H24Cl2F2N2O5.C24H19BrCl2F2N2O3.C15H14ClF2NO2.C9H6BrCl2NO.C9H20O2Si.C4H9O.2CH3F.K/c1-15-10-21(38-27(30)31)19(25(32-15)37-14-16-6-4-3-5-7-16)13-33-9-8-18-20(28)11-17(12-22(34)36-2)24(29)23(18)26(33)35;1-13-9-19(34-24(28)29)16(22(30-13)33-12-14-5-3-2-4-6-14)11-31-8-7-15-18(26)10-17(25)21(27)20(15)23(31)32;1-10-7-13(21-15(17)18)12(8-16)14(19-10)20-9-11-5-3-2-4-6-11;10-5-3-6(11)4-1-2-13-9(14)7(4)8(5)12;1-8(10-5)11-12(6,7)9(2,3)4;1-4(2,3)5;2*1-2;/h3-7,10-11,27H,8-9,12-14H2,1-2H3;2-6,9-10,24H,7-8,11-12H2,1H3;2-7,15H,8-9H2,1H3;3H,1-2H2,(H,13,14);1H2,2-7H3;1-3H3;2*1H3;/q;;;;;-1;;;+1/i;;;;;;2*1D;. The second kappa shape index (κ2) is 55.0. The molecule has 0 atom stereocenters. The molecule has 39 heteroatoms. The molecule has 3 aliphatic heterocycles. The molecule has 0 saturated carbocycles. The van der Waals surface area contributed by atoms with E-state index in [2.05, 4.69) is 97.3 Å². The number of aromatic nitrogens is 3. The molecule has 0 radical (unpaired) electrons. The number of hydrogen-bond acceptors (Lipinski definition) is 17. The summed E-state index contributed by atoms with van der Waals surface area (Å²) in [6.07, 6.45) is 1.38. The van der Waals surface area contributed by atoms with Crippen LogP contribution in [0.1, 0.15) is 148 Å². The molecule has 12 rings (SSSR count). The number of benzene rings is 6. The Bertz CT molecular complexity index is 5280. The molecule has 0 bridgehead atoms. The van der Waals surface area contributed by atoms with Crippen LogP contribution in [0.15, 0.2) is 149 Å². The summed E-state index contributed by atoms with van der Waals surface area (Å²) in [5.74, 6) is -0.957. The van der Waals surface area contributed by atoms with E-state index in [0.29, 0.717) is 106 Å². The molecule has 129 heavy (non-hydrogen) atoms. The molecule has 0 fully saturated rings. The fraction of sp³-hybridized carbons (Fsp3) is 0.367. The molecule has 0 aliphatic carbocycles. The second-order valence-corrected chi connectivity index (χ2v) is 39.2. The number of halogens is 17. The van der Waals surface area contributed by atoms with Crippen molar-refractivity contribution in [2.75, 3.05) is 48.2 Å². The normalized spacial score (nSPS) is 12.6. The number of pyridine rings is 3. The van der Waals surface area contributed by atoms with E-state index in [4.69, 9.17) is 122 Å². The maximum absolute atomic E-state index is 13.6. The summed E-state index contributed by atoms with van der Waals surface area (Å²) in [4.78, 5) is 66.3. The maximum atomic E-state index is 13.6. The number of fused-ring (bicyclic) bond motifs is 3. The molecule has 0 saturated heterocycles. The molecule has 20 nitrogen and oxygen atoms in total. The van der Waals surface area contributed by atoms with Gasteiger partial charge >= 0.3 is 77.2 Å². The van der Waals surface area contributed by atoms with Crippen LogP contribution < -0.4 is 90.2 Å². The van der Waals surface area contributed by atoms with Crippen LogP contribution in [-0.2, 0) is 83.2 Å². The summed E-state index contributed by atoms with van der Waals surface area (Å²) in [5, 5.41) is 15.1. The first-order valence-electron chi connectivity index (χ1n) is 40.1. The summed E-state index contributed by atoms with van der Waals surface area (Å²) in [7, 11) is -0.889. The third kappa shape index (κ3) is 35.4. The number of nitrogens with zero attached hydrogens (tertiary/aromatic N) is 5. The van der Waals surface area contributed by atoms with Crippen LogP contribution in [-0.4, -0.2) is 130 Å². The molecular weight excluding hydrogens is 2020 g/mol. The van der Waals surface area contributed by atoms with Gasteiger partial charge in [-0.1, -0.05) is 202 Å². The summed E-state index contributed by atoms with van der Waals surface area (Å²) >= 11 is 50.1. The summed E-state index contributed by atoms with van der Waals surface area (Å²) < 4.78 is 157. The summed E-state index contributed by atoms with van der Waals surface area (Å²) in [5.41, 5.74) is 7.38. The van der Waals surface area contributed by atoms with E-state index >= 15 is 0 Å². The average molecular weight is 2120 g/mol. The van der Waals surface area contributed by atoms with Crippen molar-refractivity contribution in [3.63, 3.8) is 0 Å². The third-order valence-electron chi connectivity index (χ3n) is 18.7. The minimum absolute atomic E-state index is 0. The smallest absolute Gasteiger partial charge is 0.850 e. The van der Waals surface area contributed by atoms with Gasteiger partial charge in [0, 0.05) is 78.9 Å². The van der Waals surface area contributed by atoms with Crippen LogP contribution in [0.25, 0.3) is 0 Å². The average Bonchev–Trinajstić information content (AvgIpc) is 0.764. The van der Waals surface area contributed by atoms with Gasteiger partial charge in [-0.05, 0) is 154 Å². The van der Waals surface area contributed by atoms with E-state index in [-0.39, 0.29) is 187 Å². The molecule has 3 aliphatic rings. The van der Waals surface area contributed by atoms with Gasteiger partial charge in [0.05, 0.1) is 105 Å². The first kappa shape index (κ1) is 111. The summed E-state index contributed by atoms with van der Waals surface area (Å²) in [6.45, 7) is 16.9. The number of nitrogens with one attached hydrogen (secondary N) is 1. The topological polar surface area (TPSA) is 232 Å². The van der Waals surface area contributed by atoms with Crippen LogP contribution in [0.4, 0.5) is 35.1 Å². The van der Waals surface area contributed by atoms with Crippen molar-refractivity contribution >= 4 is 145 Å². The Hall–Kier alpha value is -6.97. The van der Waals surface area contributed by atoms with E-state index in [1.54, 1.807) is 66.9 Å². The number of carbonyl (C=O) groups excluding carboxylic acids is 4. The van der Waals surface area contributed by atoms with Crippen LogP contribution in [0.2, 0.25) is 48.3 Å². The van der Waals surface area contributed by atoms with Gasteiger partial charge in [-0.15, -0.1) is 17.2 Å². The van der Waals surface area contributed by atoms with Gasteiger partial charge in [-0.3, -0.25) is 28.0 Å². The van der Waals surface area contributed by atoms with Crippen LogP contribution in [0.5, 0.6) is 34.9 Å². The monoisotopic (exact) mass is 2110 g/mol. The Kier molecular flexibility index (Phi) is 47.2. The van der Waals surface area contributed by atoms with Gasteiger partial charge in [0.25, 0.3) is 32.0 Å². The fourth-order valence-electron chi connectivity index (χ4n) is 11.8. The number of rotatable bonds is 25. The Morgan fingerprint density at radius 2 is 0.891 bits per heavy atom. The first-order chi connectivity index (χ1) is 61.2. The van der Waals surface area contributed by atoms with Crippen molar-refractivity contribution in [1.29, 1.82) is 0 Å². The minimum Gasteiger partial charge on any atom is -0.850 e. The Morgan fingerprint density at radius 3 is 1.23 bits per heavy atom. The number of esters is 1. The zero-order valence-corrected chi connectivity index (χ0v) is 85.6. The Balaban J connectivity index is 0.000000350. The SMILES string of the molecule is C=C(OC)O[Si](C)(C)C(C)(C)C.CC(C)(C)[O-].COC(=O)Cc1cc(Cl)c2c(c1Cl)C(=O)N(Cc1c(OC(F)F)cc(C)nc1OCc1ccccc1)CC2.Cc1cc(OC(F)F)c(CCl)c(OCc2ccccc2)n1.Cc1cc(OC(F)F)c(CN2CCc3c(Cl)cc(Br)c(Cl)c3C2=O)c(OCc2ccccc2)n1.O=C1NCCc2c(Cl)cc(Br)c(Cl)c21.[2H]CF.[2H]CF.[K+]. The van der Waals surface area contributed by atoms with Crippen LogP contribution >= 0.6 is 113 Å². The largest absolute Gasteiger partial charge is 1.00 e. The molecule has 9 aromatic rings. The molecule has 3 aromatic heterocycles. The van der Waals surface area contributed by atoms with E-state index in [9.17, 15) is 59.4 Å². The van der Waals surface area contributed by atoms with E-state index < -0.39 is 59.9 Å². The van der Waals surface area contributed by atoms with Crippen LogP contribution in [0.3, 0.4) is 0 Å². The molecule has 3 amide bonds. The van der Waals surface area contributed by atoms with Gasteiger partial charge in [-0.25, -0.2) is 15.0 Å². The number of carbonyl (C=O) groups is 4. The maximum Gasteiger partial charge on any atom is 1.00 e. The van der Waals surface area contributed by atoms with Crippen molar-refractivity contribution in [3.8, 4) is 34.9 Å². The molecular formula is C90H98Br2Cl7F8KN6O14Si. The fourth-order valence-corrected chi connectivity index (χ4v) is 15.9. The van der Waals surface area contributed by atoms with Gasteiger partial charge in [0.15, 0.2) is 0 Å². The first-order valence-corrected chi connectivity index (χ1v) is 46.0. The van der Waals surface area contributed by atoms with Crippen molar-refractivity contribution in [2.24, 2.45) is 0 Å². The van der Waals surface area contributed by atoms with E-state index in [0.717, 1.165) is 28.7 Å². The zero-order valence-electron chi connectivity index (χ0n) is 75.0. The Morgan fingerprint density at radius 1 is 0.558 bits per heavy atom. The Labute approximate surface area is 844 Å². The molecule has 0 unspecified atom stereocenters. The van der Waals surface area contributed by atoms with E-state index in [1.807, 2.05) is 91.0 Å². The number of ether oxygens (including phenoxy) is 8. The van der Waals surface area contributed by atoms with Crippen molar-refractivity contribution < 1.29 is 156 Å². The molecule has 696 valence electrons. The minimum atomic E-state index is -3.09. The molecule has 6 heterocycles. The van der Waals surface area contributed by atoms with Crippen molar-refractivity contribution in [3.05, 3.63) is 268 Å². The third-order valence-corrected chi connectivity index (χ3v) is 27.3. The van der Waals surface area contributed by atoms with Crippen LogP contribution in [0, 0.1) is 20.8 Å². The number of alkyl halides is 9. The molecule has 1 N–H and O–H groups in total. The quantitative estimate of drug-likeness (QED) is 0.0140. The number of methoxy groups -OCH3 is 2. The van der Waals surface area contributed by atoms with Gasteiger partial charge in [-0.2, -0.15) is 26.3 Å². The number of amides is 3. The molecule has 6 aromatic carbocycles. The van der Waals surface area contributed by atoms with Gasteiger partial charge in [0.2, 0.25) is 17.6 Å². The predicted octanol–water partition coefficient (Wildman–Crippen LogP) is 21.4. The van der Waals surface area contributed by atoms with Crippen molar-refractivity contribution in [2.45, 2.75) is 170 Å². The molecule has 0 spiro atoms. The number of aryl methyl sites for hydroxylation is 3. The summed E-state index contributed by atoms with van der Waals surface area (Å²) in [6, 6.07) is 37.2. The predicted molar refractivity (Wildman–Crippen MR) is 490 cm³/mol. The van der Waals surface area contributed by atoms with Crippen molar-refractivity contribution in [1.82, 2.24) is 30.1 Å².